The van der Waals surface area contributed by atoms with Gasteiger partial charge in [-0.2, -0.15) is 0 Å². The molecule has 1 aromatic heterocycles. The lowest BCUT2D eigenvalue weighted by atomic mass is 10.1. The molecule has 0 saturated heterocycles. The highest BCUT2D eigenvalue weighted by Gasteiger charge is 2.25. The Kier molecular flexibility index (Phi) is 5.62. The van der Waals surface area contributed by atoms with E-state index < -0.39 is 12.1 Å². The number of hydrogen-bond donors (Lipinski definition) is 3. The van der Waals surface area contributed by atoms with E-state index in [0.717, 1.165) is 11.3 Å². The Labute approximate surface area is 129 Å². The first-order chi connectivity index (χ1) is 10.7. The second-order valence-electron chi connectivity index (χ2n) is 4.72. The fraction of sp³-hybridized carbons (Fsp3) is 0.188. The number of quaternary nitrogens is 1. The topological polar surface area (TPSA) is 87.7 Å². The smallest absolute Gasteiger partial charge is 0.321 e. The summed E-state index contributed by atoms with van der Waals surface area (Å²) in [6, 6.07) is 14.0. The van der Waals surface area contributed by atoms with Crippen molar-refractivity contribution in [3.63, 3.8) is 0 Å². The van der Waals surface area contributed by atoms with Crippen LogP contribution >= 0.6 is 0 Å². The number of amides is 3. The zero-order chi connectivity index (χ0) is 15.8. The number of hydrogen-bond acceptors (Lipinski definition) is 3. The van der Waals surface area contributed by atoms with Gasteiger partial charge >= 0.3 is 6.03 Å². The third-order valence-electron chi connectivity index (χ3n) is 3.19. The van der Waals surface area contributed by atoms with Gasteiger partial charge in [-0.05, 0) is 12.1 Å². The molecular weight excluding hydrogens is 280 g/mol. The van der Waals surface area contributed by atoms with Crippen molar-refractivity contribution < 1.29 is 14.9 Å². The van der Waals surface area contributed by atoms with Gasteiger partial charge in [0.15, 0.2) is 6.04 Å². The second kappa shape index (κ2) is 7.90. The number of nitrogens with two attached hydrogens (primary N) is 1. The number of aromatic nitrogens is 1. The summed E-state index contributed by atoms with van der Waals surface area (Å²) >= 11 is 0. The van der Waals surface area contributed by atoms with Crippen molar-refractivity contribution in [3.8, 4) is 0 Å². The van der Waals surface area contributed by atoms with Crippen LogP contribution in [0.4, 0.5) is 4.79 Å². The quantitative estimate of drug-likeness (QED) is 0.744. The Balaban J connectivity index is 2.11. The third-order valence-corrected chi connectivity index (χ3v) is 3.19. The number of nitrogens with zero attached hydrogens (tertiary/aromatic N) is 1. The third kappa shape index (κ3) is 4.39. The van der Waals surface area contributed by atoms with Gasteiger partial charge in [-0.25, -0.2) is 4.79 Å². The van der Waals surface area contributed by atoms with Crippen LogP contribution in [-0.4, -0.2) is 24.0 Å². The first-order valence-electron chi connectivity index (χ1n) is 7.01. The SMILES string of the molecule is CNC(=O)NC(=O)[C@H]([NH2+]Cc1ccccn1)c1ccccc1. The van der Waals surface area contributed by atoms with Crippen LogP contribution in [0.5, 0.6) is 0 Å². The van der Waals surface area contributed by atoms with E-state index in [-0.39, 0.29) is 5.91 Å². The molecule has 2 aromatic rings. The van der Waals surface area contributed by atoms with E-state index in [9.17, 15) is 9.59 Å². The number of pyridine rings is 1. The highest BCUT2D eigenvalue weighted by molar-refractivity contribution is 5.96. The predicted octanol–water partition coefficient (Wildman–Crippen LogP) is 0.342. The summed E-state index contributed by atoms with van der Waals surface area (Å²) in [5.74, 6) is -0.360. The number of benzene rings is 1. The maximum absolute atomic E-state index is 12.3. The molecule has 0 radical (unpaired) electrons. The average Bonchev–Trinajstić information content (AvgIpc) is 2.57. The summed E-state index contributed by atoms with van der Waals surface area (Å²) in [6.07, 6.45) is 1.71. The molecule has 114 valence electrons. The second-order valence-corrected chi connectivity index (χ2v) is 4.72. The van der Waals surface area contributed by atoms with Crippen LogP contribution in [0, 0.1) is 0 Å². The maximum atomic E-state index is 12.3. The Morgan fingerprint density at radius 2 is 1.86 bits per heavy atom. The van der Waals surface area contributed by atoms with Gasteiger partial charge in [0.25, 0.3) is 5.91 Å². The minimum Gasteiger partial charge on any atom is -0.341 e. The molecule has 0 saturated carbocycles. The molecule has 3 amide bonds. The molecule has 6 nitrogen and oxygen atoms in total. The Morgan fingerprint density at radius 3 is 2.50 bits per heavy atom. The Bertz CT molecular complexity index is 617. The zero-order valence-electron chi connectivity index (χ0n) is 12.3. The molecule has 1 aromatic carbocycles. The molecule has 1 atom stereocenters. The molecular formula is C16H19N4O2+. The first-order valence-corrected chi connectivity index (χ1v) is 7.01. The van der Waals surface area contributed by atoms with Gasteiger partial charge in [0, 0.05) is 18.8 Å². The molecule has 0 aliphatic rings. The molecule has 22 heavy (non-hydrogen) atoms. The van der Waals surface area contributed by atoms with E-state index in [4.69, 9.17) is 0 Å². The zero-order valence-corrected chi connectivity index (χ0v) is 12.3. The lowest BCUT2D eigenvalue weighted by molar-refractivity contribution is -0.698. The number of carbonyl (C=O) groups is 2. The summed E-state index contributed by atoms with van der Waals surface area (Å²) in [7, 11) is 1.47. The summed E-state index contributed by atoms with van der Waals surface area (Å²) in [6.45, 7) is 0.543. The predicted molar refractivity (Wildman–Crippen MR) is 81.6 cm³/mol. The van der Waals surface area contributed by atoms with Gasteiger partial charge in [-0.1, -0.05) is 36.4 Å². The van der Waals surface area contributed by atoms with Crippen molar-refractivity contribution in [2.24, 2.45) is 0 Å². The average molecular weight is 299 g/mol. The van der Waals surface area contributed by atoms with Crippen LogP contribution < -0.4 is 16.0 Å². The standard InChI is InChI=1S/C16H18N4O2/c1-17-16(22)20-15(21)14(12-7-3-2-4-8-12)19-11-13-9-5-6-10-18-13/h2-10,14,19H,11H2,1H3,(H2,17,20,21,22)/p+1/t14-/m1/s1. The highest BCUT2D eigenvalue weighted by Crippen LogP contribution is 2.08. The van der Waals surface area contributed by atoms with E-state index >= 15 is 0 Å². The van der Waals surface area contributed by atoms with Gasteiger partial charge in [0.1, 0.15) is 6.54 Å². The van der Waals surface area contributed by atoms with E-state index in [2.05, 4.69) is 15.6 Å². The fourth-order valence-electron chi connectivity index (χ4n) is 2.06. The minimum atomic E-state index is -0.517. The van der Waals surface area contributed by atoms with Crippen molar-refractivity contribution in [1.82, 2.24) is 15.6 Å². The minimum absolute atomic E-state index is 0.360. The largest absolute Gasteiger partial charge is 0.341 e. The van der Waals surface area contributed by atoms with Crippen molar-refractivity contribution in [1.29, 1.82) is 0 Å². The van der Waals surface area contributed by atoms with Crippen molar-refractivity contribution >= 4 is 11.9 Å². The number of nitrogens with one attached hydrogen (secondary N) is 2. The number of imide groups is 1. The summed E-state index contributed by atoms with van der Waals surface area (Å²) in [5.41, 5.74) is 1.70. The van der Waals surface area contributed by atoms with Crippen molar-refractivity contribution in [3.05, 3.63) is 66.0 Å². The van der Waals surface area contributed by atoms with Crippen molar-refractivity contribution in [2.75, 3.05) is 7.05 Å². The number of carbonyl (C=O) groups excluding carboxylic acids is 2. The fourth-order valence-corrected chi connectivity index (χ4v) is 2.06. The van der Waals surface area contributed by atoms with Crippen LogP contribution in [0.2, 0.25) is 0 Å². The molecule has 0 aliphatic heterocycles. The lowest BCUT2D eigenvalue weighted by Gasteiger charge is -2.15. The van der Waals surface area contributed by atoms with Gasteiger partial charge in [-0.3, -0.25) is 15.1 Å². The van der Waals surface area contributed by atoms with E-state index in [0.29, 0.717) is 6.54 Å². The van der Waals surface area contributed by atoms with E-state index in [1.165, 1.54) is 7.05 Å². The molecule has 0 unspecified atom stereocenters. The van der Waals surface area contributed by atoms with Crippen LogP contribution in [-0.2, 0) is 11.3 Å². The monoisotopic (exact) mass is 299 g/mol. The molecule has 0 fully saturated rings. The molecule has 4 N–H and O–H groups in total. The Hall–Kier alpha value is -2.73. The molecule has 1 heterocycles. The number of urea groups is 1. The first kappa shape index (κ1) is 15.7. The van der Waals surface area contributed by atoms with Crippen LogP contribution in [0.3, 0.4) is 0 Å². The van der Waals surface area contributed by atoms with Crippen LogP contribution in [0.1, 0.15) is 17.3 Å². The molecule has 2 rings (SSSR count). The molecule has 6 heteroatoms. The van der Waals surface area contributed by atoms with E-state index in [1.54, 1.807) is 6.20 Å². The van der Waals surface area contributed by atoms with Crippen LogP contribution in [0.15, 0.2) is 54.7 Å². The van der Waals surface area contributed by atoms with Gasteiger partial charge < -0.3 is 10.6 Å². The normalized spacial score (nSPS) is 11.5. The summed E-state index contributed by atoms with van der Waals surface area (Å²) < 4.78 is 0. The van der Waals surface area contributed by atoms with Gasteiger partial charge in [0.2, 0.25) is 0 Å². The lowest BCUT2D eigenvalue weighted by Crippen LogP contribution is -2.86. The van der Waals surface area contributed by atoms with Gasteiger partial charge in [0.05, 0.1) is 5.69 Å². The molecule has 0 aliphatic carbocycles. The Morgan fingerprint density at radius 1 is 1.14 bits per heavy atom. The summed E-state index contributed by atoms with van der Waals surface area (Å²) in [4.78, 5) is 27.9. The molecule has 0 spiro atoms. The van der Waals surface area contributed by atoms with Crippen molar-refractivity contribution in [2.45, 2.75) is 12.6 Å². The number of rotatable bonds is 5. The van der Waals surface area contributed by atoms with E-state index in [1.807, 2.05) is 53.8 Å². The summed E-state index contributed by atoms with van der Waals surface area (Å²) in [5, 5.41) is 6.56. The molecule has 0 bridgehead atoms. The van der Waals surface area contributed by atoms with Crippen LogP contribution in [0.25, 0.3) is 0 Å². The highest BCUT2D eigenvalue weighted by atomic mass is 16.2. The van der Waals surface area contributed by atoms with Gasteiger partial charge in [-0.15, -0.1) is 0 Å². The maximum Gasteiger partial charge on any atom is 0.321 e.